The van der Waals surface area contributed by atoms with Crippen LogP contribution >= 0.6 is 0 Å². The summed E-state index contributed by atoms with van der Waals surface area (Å²) in [5.41, 5.74) is 2.81. The highest BCUT2D eigenvalue weighted by atomic mass is 16.5. The van der Waals surface area contributed by atoms with Crippen LogP contribution in [0.15, 0.2) is 78.9 Å². The molecule has 3 aromatic carbocycles. The highest BCUT2D eigenvalue weighted by molar-refractivity contribution is 6.04. The molecule has 0 aliphatic carbocycles. The van der Waals surface area contributed by atoms with E-state index in [1.54, 1.807) is 36.4 Å². The summed E-state index contributed by atoms with van der Waals surface area (Å²) in [4.78, 5) is 24.6. The lowest BCUT2D eigenvalue weighted by Crippen LogP contribution is -2.20. The molecule has 0 unspecified atom stereocenters. The predicted molar refractivity (Wildman–Crippen MR) is 115 cm³/mol. The van der Waals surface area contributed by atoms with Gasteiger partial charge in [-0.2, -0.15) is 0 Å². The smallest absolute Gasteiger partial charge is 0.262 e. The Kier molecular flexibility index (Phi) is 6.63. The third-order valence-corrected chi connectivity index (χ3v) is 4.34. The second kappa shape index (κ2) is 9.55. The van der Waals surface area contributed by atoms with Gasteiger partial charge in [0.15, 0.2) is 6.61 Å². The molecule has 0 atom stereocenters. The molecule has 0 aliphatic rings. The molecule has 3 rings (SSSR count). The molecule has 0 saturated carbocycles. The van der Waals surface area contributed by atoms with E-state index < -0.39 is 0 Å². The van der Waals surface area contributed by atoms with Gasteiger partial charge in [0.25, 0.3) is 11.8 Å². The maximum Gasteiger partial charge on any atom is 0.262 e. The SMILES string of the molecule is CC(C)c1ccccc1OCC(=O)Nc1cccc(NC(=O)c2ccccc2)c1. The van der Waals surface area contributed by atoms with Gasteiger partial charge in [-0.15, -0.1) is 0 Å². The molecular formula is C24H24N2O3. The van der Waals surface area contributed by atoms with Gasteiger partial charge in [-0.3, -0.25) is 9.59 Å². The highest BCUT2D eigenvalue weighted by Crippen LogP contribution is 2.25. The normalized spacial score (nSPS) is 10.4. The molecule has 0 radical (unpaired) electrons. The van der Waals surface area contributed by atoms with E-state index in [9.17, 15) is 9.59 Å². The lowest BCUT2D eigenvalue weighted by molar-refractivity contribution is -0.118. The van der Waals surface area contributed by atoms with Crippen molar-refractivity contribution in [3.8, 4) is 5.75 Å². The van der Waals surface area contributed by atoms with Crippen molar-refractivity contribution in [1.82, 2.24) is 0 Å². The van der Waals surface area contributed by atoms with Gasteiger partial charge in [0.05, 0.1) is 0 Å². The van der Waals surface area contributed by atoms with Gasteiger partial charge in [0, 0.05) is 16.9 Å². The summed E-state index contributed by atoms with van der Waals surface area (Å²) in [5, 5.41) is 5.63. The average Bonchev–Trinajstić information content (AvgIpc) is 2.73. The number of hydrogen-bond acceptors (Lipinski definition) is 3. The van der Waals surface area contributed by atoms with Gasteiger partial charge >= 0.3 is 0 Å². The molecule has 0 aliphatic heterocycles. The first-order valence-electron chi connectivity index (χ1n) is 9.51. The summed E-state index contributed by atoms with van der Waals surface area (Å²) in [6.45, 7) is 4.07. The number of benzene rings is 3. The molecule has 29 heavy (non-hydrogen) atoms. The van der Waals surface area contributed by atoms with Crippen LogP contribution in [-0.2, 0) is 4.79 Å². The van der Waals surface area contributed by atoms with Crippen molar-refractivity contribution in [2.24, 2.45) is 0 Å². The Balaban J connectivity index is 1.59. The van der Waals surface area contributed by atoms with E-state index in [0.29, 0.717) is 28.6 Å². The summed E-state index contributed by atoms with van der Waals surface area (Å²) >= 11 is 0. The Labute approximate surface area is 170 Å². The van der Waals surface area contributed by atoms with E-state index in [1.165, 1.54) is 0 Å². The van der Waals surface area contributed by atoms with E-state index in [1.807, 2.05) is 42.5 Å². The van der Waals surface area contributed by atoms with Crippen LogP contribution in [0.4, 0.5) is 11.4 Å². The Morgan fingerprint density at radius 3 is 2.21 bits per heavy atom. The molecule has 5 nitrogen and oxygen atoms in total. The quantitative estimate of drug-likeness (QED) is 0.593. The summed E-state index contributed by atoms with van der Waals surface area (Å²) in [6, 6.07) is 23.7. The van der Waals surface area contributed by atoms with E-state index in [0.717, 1.165) is 5.56 Å². The van der Waals surface area contributed by atoms with Crippen LogP contribution in [0.1, 0.15) is 35.7 Å². The Bertz CT molecular complexity index is 984. The zero-order valence-electron chi connectivity index (χ0n) is 16.5. The van der Waals surface area contributed by atoms with Gasteiger partial charge in [0.1, 0.15) is 5.75 Å². The van der Waals surface area contributed by atoms with E-state index >= 15 is 0 Å². The maximum atomic E-state index is 12.3. The fourth-order valence-corrected chi connectivity index (χ4v) is 2.90. The van der Waals surface area contributed by atoms with Gasteiger partial charge < -0.3 is 15.4 Å². The number of ether oxygens (including phenoxy) is 1. The third kappa shape index (κ3) is 5.69. The van der Waals surface area contributed by atoms with Crippen molar-refractivity contribution < 1.29 is 14.3 Å². The lowest BCUT2D eigenvalue weighted by atomic mass is 10.0. The number of para-hydroxylation sites is 1. The number of amides is 2. The molecule has 0 aromatic heterocycles. The molecule has 0 saturated heterocycles. The van der Waals surface area contributed by atoms with Gasteiger partial charge in [0.2, 0.25) is 0 Å². The van der Waals surface area contributed by atoms with E-state index in [2.05, 4.69) is 24.5 Å². The van der Waals surface area contributed by atoms with E-state index in [4.69, 9.17) is 4.74 Å². The first kappa shape index (κ1) is 20.1. The molecule has 148 valence electrons. The lowest BCUT2D eigenvalue weighted by Gasteiger charge is -2.14. The van der Waals surface area contributed by atoms with Crippen LogP contribution in [-0.4, -0.2) is 18.4 Å². The minimum absolute atomic E-state index is 0.0929. The van der Waals surface area contributed by atoms with Crippen molar-refractivity contribution in [2.45, 2.75) is 19.8 Å². The number of nitrogens with one attached hydrogen (secondary N) is 2. The molecule has 0 spiro atoms. The summed E-state index contributed by atoms with van der Waals surface area (Å²) in [7, 11) is 0. The largest absolute Gasteiger partial charge is 0.483 e. The molecule has 2 amide bonds. The minimum atomic E-state index is -0.268. The van der Waals surface area contributed by atoms with Crippen molar-refractivity contribution in [3.05, 3.63) is 90.0 Å². The van der Waals surface area contributed by atoms with Crippen molar-refractivity contribution in [2.75, 3.05) is 17.2 Å². The molecule has 0 fully saturated rings. The zero-order chi connectivity index (χ0) is 20.6. The molecule has 0 heterocycles. The van der Waals surface area contributed by atoms with Crippen molar-refractivity contribution in [3.63, 3.8) is 0 Å². The first-order chi connectivity index (χ1) is 14.0. The van der Waals surface area contributed by atoms with Gasteiger partial charge in [-0.1, -0.05) is 56.3 Å². The predicted octanol–water partition coefficient (Wildman–Crippen LogP) is 5.08. The molecule has 5 heteroatoms. The number of hydrogen-bond donors (Lipinski definition) is 2. The minimum Gasteiger partial charge on any atom is -0.483 e. The second-order valence-electron chi connectivity index (χ2n) is 6.93. The van der Waals surface area contributed by atoms with E-state index in [-0.39, 0.29) is 18.4 Å². The number of carbonyl (C=O) groups excluding carboxylic acids is 2. The Morgan fingerprint density at radius 2 is 1.48 bits per heavy atom. The fourth-order valence-electron chi connectivity index (χ4n) is 2.90. The van der Waals surface area contributed by atoms with Crippen LogP contribution in [0, 0.1) is 0 Å². The van der Waals surface area contributed by atoms with Crippen LogP contribution in [0.2, 0.25) is 0 Å². The zero-order valence-corrected chi connectivity index (χ0v) is 16.5. The summed E-state index contributed by atoms with van der Waals surface area (Å²) in [5.74, 6) is 0.540. The summed E-state index contributed by atoms with van der Waals surface area (Å²) < 4.78 is 5.70. The molecule has 2 N–H and O–H groups in total. The highest BCUT2D eigenvalue weighted by Gasteiger charge is 2.10. The number of carbonyl (C=O) groups is 2. The van der Waals surface area contributed by atoms with Crippen molar-refractivity contribution >= 4 is 23.2 Å². The van der Waals surface area contributed by atoms with Crippen LogP contribution in [0.5, 0.6) is 5.75 Å². The maximum absolute atomic E-state index is 12.3. The topological polar surface area (TPSA) is 67.4 Å². The van der Waals surface area contributed by atoms with Gasteiger partial charge in [-0.05, 0) is 47.9 Å². The first-order valence-corrected chi connectivity index (χ1v) is 9.51. The van der Waals surface area contributed by atoms with Crippen molar-refractivity contribution in [1.29, 1.82) is 0 Å². The third-order valence-electron chi connectivity index (χ3n) is 4.34. The monoisotopic (exact) mass is 388 g/mol. The second-order valence-corrected chi connectivity index (χ2v) is 6.93. The molecule has 3 aromatic rings. The van der Waals surface area contributed by atoms with Crippen LogP contribution in [0.3, 0.4) is 0 Å². The Morgan fingerprint density at radius 1 is 0.828 bits per heavy atom. The van der Waals surface area contributed by atoms with Gasteiger partial charge in [-0.25, -0.2) is 0 Å². The van der Waals surface area contributed by atoms with Crippen LogP contribution in [0.25, 0.3) is 0 Å². The molecular weight excluding hydrogens is 364 g/mol. The van der Waals surface area contributed by atoms with Crippen LogP contribution < -0.4 is 15.4 Å². The Hall–Kier alpha value is -3.60. The number of rotatable bonds is 7. The average molecular weight is 388 g/mol. The standard InChI is InChI=1S/C24H24N2O3/c1-17(2)21-13-6-7-14-22(21)29-16-23(27)25-19-11-8-12-20(15-19)26-24(28)18-9-4-3-5-10-18/h3-15,17H,16H2,1-2H3,(H,25,27)(H,26,28). The molecule has 0 bridgehead atoms. The fraction of sp³-hybridized carbons (Fsp3) is 0.167. The number of anilines is 2. The summed E-state index contributed by atoms with van der Waals surface area (Å²) in [6.07, 6.45) is 0.